The first-order chi connectivity index (χ1) is 9.40. The molecule has 2 nitrogen and oxygen atoms in total. The number of aryl methyl sites for hydroxylation is 3. The van der Waals surface area contributed by atoms with Gasteiger partial charge in [0.05, 0.1) is 0 Å². The van der Waals surface area contributed by atoms with Gasteiger partial charge in [0.2, 0.25) is 0 Å². The molecule has 0 aliphatic heterocycles. The van der Waals surface area contributed by atoms with Gasteiger partial charge in [-0.3, -0.25) is 0 Å². The Balaban J connectivity index is 2.36. The van der Waals surface area contributed by atoms with Crippen LogP contribution < -0.4 is 4.90 Å². The summed E-state index contributed by atoms with van der Waals surface area (Å²) in [5, 5.41) is 10.6. The number of aliphatic hydroxyl groups excluding tert-OH is 1. The van der Waals surface area contributed by atoms with Crippen molar-refractivity contribution in [2.45, 2.75) is 26.9 Å². The maximum Gasteiger partial charge on any atom is 0.104 e. The van der Waals surface area contributed by atoms with Gasteiger partial charge in [0, 0.05) is 19.8 Å². The third-order valence-electron chi connectivity index (χ3n) is 3.90. The van der Waals surface area contributed by atoms with Crippen LogP contribution in [0.4, 0.5) is 5.69 Å². The number of anilines is 1. The number of hydrogen-bond donors (Lipinski definition) is 1. The highest BCUT2D eigenvalue weighted by atomic mass is 16.3. The SMILES string of the molecule is Cc1cc(C)c(C(O)c2ccc(N(C)C)cc2)cc1C. The average molecular weight is 269 g/mol. The molecule has 1 N–H and O–H groups in total. The van der Waals surface area contributed by atoms with Crippen LogP contribution in [0.15, 0.2) is 36.4 Å². The Bertz CT molecular complexity index is 600. The molecule has 0 heterocycles. The second-order valence-electron chi connectivity index (χ2n) is 5.68. The number of rotatable bonds is 3. The highest BCUT2D eigenvalue weighted by molar-refractivity contribution is 5.48. The van der Waals surface area contributed by atoms with Gasteiger partial charge >= 0.3 is 0 Å². The fraction of sp³-hybridized carbons (Fsp3) is 0.333. The molecule has 0 bridgehead atoms. The predicted molar refractivity (Wildman–Crippen MR) is 85.5 cm³/mol. The number of benzene rings is 2. The molecule has 0 saturated carbocycles. The lowest BCUT2D eigenvalue weighted by Gasteiger charge is -2.18. The molecule has 0 saturated heterocycles. The highest BCUT2D eigenvalue weighted by Gasteiger charge is 2.14. The predicted octanol–water partition coefficient (Wildman–Crippen LogP) is 3.76. The summed E-state index contributed by atoms with van der Waals surface area (Å²) < 4.78 is 0. The molecule has 2 aromatic rings. The molecule has 0 aliphatic carbocycles. The Morgan fingerprint density at radius 1 is 0.850 bits per heavy atom. The van der Waals surface area contributed by atoms with Gasteiger partial charge in [-0.15, -0.1) is 0 Å². The smallest absolute Gasteiger partial charge is 0.104 e. The monoisotopic (exact) mass is 269 g/mol. The summed E-state index contributed by atoms with van der Waals surface area (Å²) in [6.07, 6.45) is -0.564. The van der Waals surface area contributed by atoms with Gasteiger partial charge in [0.25, 0.3) is 0 Å². The second kappa shape index (κ2) is 5.68. The molecule has 2 aromatic carbocycles. The van der Waals surface area contributed by atoms with Crippen molar-refractivity contribution in [1.82, 2.24) is 0 Å². The normalized spacial score (nSPS) is 12.3. The maximum atomic E-state index is 10.6. The zero-order chi connectivity index (χ0) is 14.9. The largest absolute Gasteiger partial charge is 0.384 e. The molecule has 106 valence electrons. The first-order valence-corrected chi connectivity index (χ1v) is 6.93. The van der Waals surface area contributed by atoms with E-state index < -0.39 is 6.10 Å². The van der Waals surface area contributed by atoms with Gasteiger partial charge in [-0.2, -0.15) is 0 Å². The lowest BCUT2D eigenvalue weighted by Crippen LogP contribution is -2.09. The van der Waals surface area contributed by atoms with E-state index in [4.69, 9.17) is 0 Å². The standard InChI is InChI=1S/C18H23NO/c1-12-10-14(3)17(11-13(12)2)18(20)15-6-8-16(9-7-15)19(4)5/h6-11,18,20H,1-5H3. The van der Waals surface area contributed by atoms with E-state index in [2.05, 4.69) is 37.8 Å². The molecule has 2 heteroatoms. The van der Waals surface area contributed by atoms with E-state index in [1.807, 2.05) is 38.4 Å². The molecule has 0 aliphatic rings. The molecular formula is C18H23NO. The lowest BCUT2D eigenvalue weighted by atomic mass is 9.93. The topological polar surface area (TPSA) is 23.5 Å². The Kier molecular flexibility index (Phi) is 4.15. The van der Waals surface area contributed by atoms with Crippen molar-refractivity contribution in [3.05, 3.63) is 64.2 Å². The van der Waals surface area contributed by atoms with Gasteiger partial charge in [-0.05, 0) is 60.7 Å². The summed E-state index contributed by atoms with van der Waals surface area (Å²) in [5.41, 5.74) is 6.68. The molecule has 0 radical (unpaired) electrons. The van der Waals surface area contributed by atoms with E-state index >= 15 is 0 Å². The van der Waals surface area contributed by atoms with Crippen LogP contribution in [0.5, 0.6) is 0 Å². The van der Waals surface area contributed by atoms with E-state index in [0.717, 1.165) is 22.4 Å². The van der Waals surface area contributed by atoms with Crippen LogP contribution in [0.2, 0.25) is 0 Å². The summed E-state index contributed by atoms with van der Waals surface area (Å²) in [5.74, 6) is 0. The maximum absolute atomic E-state index is 10.6. The Morgan fingerprint density at radius 3 is 1.95 bits per heavy atom. The summed E-state index contributed by atoms with van der Waals surface area (Å²) in [7, 11) is 4.03. The van der Waals surface area contributed by atoms with E-state index in [1.165, 1.54) is 11.1 Å². The van der Waals surface area contributed by atoms with Crippen LogP contribution in [0.3, 0.4) is 0 Å². The van der Waals surface area contributed by atoms with Crippen LogP contribution in [0.1, 0.15) is 33.9 Å². The molecule has 20 heavy (non-hydrogen) atoms. The molecule has 0 amide bonds. The van der Waals surface area contributed by atoms with Gasteiger partial charge in [-0.1, -0.05) is 24.3 Å². The van der Waals surface area contributed by atoms with Crippen LogP contribution in [0, 0.1) is 20.8 Å². The minimum atomic E-state index is -0.564. The molecular weight excluding hydrogens is 246 g/mol. The lowest BCUT2D eigenvalue weighted by molar-refractivity contribution is 0.219. The van der Waals surface area contributed by atoms with Crippen molar-refractivity contribution < 1.29 is 5.11 Å². The van der Waals surface area contributed by atoms with Crippen LogP contribution in [0.25, 0.3) is 0 Å². The van der Waals surface area contributed by atoms with Crippen LogP contribution in [-0.2, 0) is 0 Å². The van der Waals surface area contributed by atoms with Gasteiger partial charge in [0.15, 0.2) is 0 Å². The highest BCUT2D eigenvalue weighted by Crippen LogP contribution is 2.28. The summed E-state index contributed by atoms with van der Waals surface area (Å²) in [6.45, 7) is 6.24. The summed E-state index contributed by atoms with van der Waals surface area (Å²) >= 11 is 0. The van der Waals surface area contributed by atoms with Crippen molar-refractivity contribution >= 4 is 5.69 Å². The van der Waals surface area contributed by atoms with Crippen molar-refractivity contribution in [1.29, 1.82) is 0 Å². The van der Waals surface area contributed by atoms with Gasteiger partial charge < -0.3 is 10.0 Å². The Labute approximate surface area is 121 Å². The van der Waals surface area contributed by atoms with Gasteiger partial charge in [0.1, 0.15) is 6.10 Å². The Morgan fingerprint density at radius 2 is 1.40 bits per heavy atom. The second-order valence-corrected chi connectivity index (χ2v) is 5.68. The Hall–Kier alpha value is -1.80. The molecule has 1 unspecified atom stereocenters. The van der Waals surface area contributed by atoms with Gasteiger partial charge in [-0.25, -0.2) is 0 Å². The minimum Gasteiger partial charge on any atom is -0.384 e. The number of nitrogens with zero attached hydrogens (tertiary/aromatic N) is 1. The molecule has 0 aromatic heterocycles. The molecule has 0 spiro atoms. The third-order valence-corrected chi connectivity index (χ3v) is 3.90. The van der Waals surface area contributed by atoms with Crippen LogP contribution in [-0.4, -0.2) is 19.2 Å². The number of aliphatic hydroxyl groups is 1. The van der Waals surface area contributed by atoms with Crippen molar-refractivity contribution in [2.24, 2.45) is 0 Å². The summed E-state index contributed by atoms with van der Waals surface area (Å²) in [4.78, 5) is 2.05. The van der Waals surface area contributed by atoms with Crippen molar-refractivity contribution in [3.8, 4) is 0 Å². The summed E-state index contributed by atoms with van der Waals surface area (Å²) in [6, 6.07) is 12.3. The van der Waals surface area contributed by atoms with Crippen molar-refractivity contribution in [2.75, 3.05) is 19.0 Å². The zero-order valence-corrected chi connectivity index (χ0v) is 12.9. The first-order valence-electron chi connectivity index (χ1n) is 6.93. The molecule has 2 rings (SSSR count). The minimum absolute atomic E-state index is 0.564. The number of hydrogen-bond acceptors (Lipinski definition) is 2. The fourth-order valence-corrected chi connectivity index (χ4v) is 2.41. The van der Waals surface area contributed by atoms with E-state index in [1.54, 1.807) is 0 Å². The first kappa shape index (κ1) is 14.6. The average Bonchev–Trinajstić information content (AvgIpc) is 2.42. The van der Waals surface area contributed by atoms with E-state index in [9.17, 15) is 5.11 Å². The third kappa shape index (κ3) is 2.86. The molecule has 1 atom stereocenters. The van der Waals surface area contributed by atoms with Crippen LogP contribution >= 0.6 is 0 Å². The van der Waals surface area contributed by atoms with Crippen molar-refractivity contribution in [3.63, 3.8) is 0 Å². The molecule has 0 fully saturated rings. The quantitative estimate of drug-likeness (QED) is 0.917. The zero-order valence-electron chi connectivity index (χ0n) is 12.9. The van der Waals surface area contributed by atoms with E-state index in [0.29, 0.717) is 0 Å². The fourth-order valence-electron chi connectivity index (χ4n) is 2.41. The van der Waals surface area contributed by atoms with E-state index in [-0.39, 0.29) is 0 Å².